The predicted octanol–water partition coefficient (Wildman–Crippen LogP) is 3.13. The van der Waals surface area contributed by atoms with Crippen LogP contribution in [0.2, 0.25) is 0 Å². The lowest BCUT2D eigenvalue weighted by Gasteiger charge is -2.13. The normalized spacial score (nSPS) is 11.1. The van der Waals surface area contributed by atoms with E-state index < -0.39 is 0 Å². The molecule has 0 aromatic carbocycles. The van der Waals surface area contributed by atoms with Crippen LogP contribution in [0.4, 0.5) is 5.82 Å². The summed E-state index contributed by atoms with van der Waals surface area (Å²) in [7, 11) is 3.97. The van der Waals surface area contributed by atoms with Crippen molar-refractivity contribution in [3.05, 3.63) is 40.9 Å². The minimum absolute atomic E-state index is 0. The van der Waals surface area contributed by atoms with Gasteiger partial charge >= 0.3 is 0 Å². The van der Waals surface area contributed by atoms with Gasteiger partial charge in [0.15, 0.2) is 5.96 Å². The Morgan fingerprint density at radius 2 is 1.96 bits per heavy atom. The summed E-state index contributed by atoms with van der Waals surface area (Å²) in [6, 6.07) is 4.04. The summed E-state index contributed by atoms with van der Waals surface area (Å²) in [6.45, 7) is 8.27. The second-order valence-corrected chi connectivity index (χ2v) is 6.20. The van der Waals surface area contributed by atoms with Crippen molar-refractivity contribution >= 4 is 35.8 Å². The van der Waals surface area contributed by atoms with Crippen LogP contribution >= 0.6 is 24.0 Å². The number of aliphatic imine (C=N–C) groups is 1. The van der Waals surface area contributed by atoms with E-state index in [9.17, 15) is 0 Å². The summed E-state index contributed by atoms with van der Waals surface area (Å²) in [5.41, 5.74) is 3.27. The summed E-state index contributed by atoms with van der Waals surface area (Å²) >= 11 is 0. The van der Waals surface area contributed by atoms with Crippen molar-refractivity contribution in [2.24, 2.45) is 4.99 Å². The first-order valence-electron chi connectivity index (χ1n) is 9.19. The Kier molecular flexibility index (Phi) is 10.1. The first-order chi connectivity index (χ1) is 12.6. The van der Waals surface area contributed by atoms with Crippen molar-refractivity contribution in [3.63, 3.8) is 0 Å². The highest BCUT2D eigenvalue weighted by Gasteiger charge is 2.13. The summed E-state index contributed by atoms with van der Waals surface area (Å²) in [5.74, 6) is 2.65. The zero-order valence-corrected chi connectivity index (χ0v) is 19.2. The molecule has 2 aromatic rings. The fourth-order valence-corrected chi connectivity index (χ4v) is 2.63. The van der Waals surface area contributed by atoms with Crippen LogP contribution in [-0.4, -0.2) is 36.7 Å². The molecule has 2 N–H and O–H groups in total. The SMILES string of the molecule is CCNC(=NCc1ccnc(N(C)C)c1)NCc1c(CC)noc1CC.I. The number of nitrogens with zero attached hydrogens (tertiary/aromatic N) is 4. The lowest BCUT2D eigenvalue weighted by atomic mass is 10.1. The Morgan fingerprint density at radius 3 is 2.59 bits per heavy atom. The van der Waals surface area contributed by atoms with Crippen molar-refractivity contribution in [1.29, 1.82) is 0 Å². The number of guanidine groups is 1. The molecule has 0 amide bonds. The molecule has 2 rings (SSSR count). The molecule has 0 aliphatic heterocycles. The van der Waals surface area contributed by atoms with Crippen molar-refractivity contribution < 1.29 is 4.52 Å². The molecule has 0 unspecified atom stereocenters. The molecule has 7 nitrogen and oxygen atoms in total. The summed E-state index contributed by atoms with van der Waals surface area (Å²) in [4.78, 5) is 11.0. The third-order valence-corrected chi connectivity index (χ3v) is 4.07. The van der Waals surface area contributed by atoms with Crippen molar-refractivity contribution in [2.75, 3.05) is 25.5 Å². The highest BCUT2D eigenvalue weighted by Crippen LogP contribution is 2.15. The second-order valence-electron chi connectivity index (χ2n) is 6.20. The van der Waals surface area contributed by atoms with Gasteiger partial charge < -0.3 is 20.1 Å². The van der Waals surface area contributed by atoms with E-state index in [2.05, 4.69) is 47.6 Å². The van der Waals surface area contributed by atoms with Gasteiger partial charge in [0.2, 0.25) is 0 Å². The van der Waals surface area contributed by atoms with Gasteiger partial charge in [-0.05, 0) is 31.0 Å². The Hall–Kier alpha value is -1.84. The van der Waals surface area contributed by atoms with Crippen LogP contribution in [0.3, 0.4) is 0 Å². The monoisotopic (exact) mass is 486 g/mol. The molecule has 150 valence electrons. The second kappa shape index (κ2) is 11.8. The Morgan fingerprint density at radius 1 is 1.19 bits per heavy atom. The number of anilines is 1. The zero-order valence-electron chi connectivity index (χ0n) is 16.9. The smallest absolute Gasteiger partial charge is 0.191 e. The Bertz CT molecular complexity index is 707. The third kappa shape index (κ3) is 6.67. The van der Waals surface area contributed by atoms with E-state index in [0.29, 0.717) is 13.1 Å². The van der Waals surface area contributed by atoms with Crippen LogP contribution in [-0.2, 0) is 25.9 Å². The molecule has 0 saturated carbocycles. The third-order valence-electron chi connectivity index (χ3n) is 4.07. The van der Waals surface area contributed by atoms with E-state index in [1.165, 1.54) is 0 Å². The minimum Gasteiger partial charge on any atom is -0.363 e. The van der Waals surface area contributed by atoms with Crippen molar-refractivity contribution in [1.82, 2.24) is 20.8 Å². The van der Waals surface area contributed by atoms with E-state index in [-0.39, 0.29) is 24.0 Å². The molecule has 0 radical (unpaired) electrons. The number of hydrogen-bond donors (Lipinski definition) is 2. The molecule has 27 heavy (non-hydrogen) atoms. The van der Waals surface area contributed by atoms with Crippen LogP contribution in [0, 0.1) is 0 Å². The van der Waals surface area contributed by atoms with Gasteiger partial charge in [0.05, 0.1) is 12.2 Å². The number of aryl methyl sites for hydroxylation is 2. The summed E-state index contributed by atoms with van der Waals surface area (Å²) in [5, 5.41) is 10.8. The highest BCUT2D eigenvalue weighted by molar-refractivity contribution is 14.0. The standard InChI is InChI=1S/C19H30N6O.HI/c1-6-16-15(17(7-2)26-24-16)13-23-19(20-8-3)22-12-14-9-10-21-18(11-14)25(4)5;/h9-11H,6-8,12-13H2,1-5H3,(H2,20,22,23);1H. The molecular formula is C19H31IN6O. The molecule has 2 heterocycles. The van der Waals surface area contributed by atoms with Gasteiger partial charge in [-0.3, -0.25) is 0 Å². The topological polar surface area (TPSA) is 78.6 Å². The quantitative estimate of drug-likeness (QED) is 0.339. The van der Waals surface area contributed by atoms with Crippen LogP contribution < -0.4 is 15.5 Å². The Balaban J connectivity index is 0.00000364. The van der Waals surface area contributed by atoms with Gasteiger partial charge in [-0.25, -0.2) is 9.98 Å². The summed E-state index contributed by atoms with van der Waals surface area (Å²) < 4.78 is 5.43. The lowest BCUT2D eigenvalue weighted by Crippen LogP contribution is -2.37. The van der Waals surface area contributed by atoms with Crippen LogP contribution in [0.5, 0.6) is 0 Å². The number of hydrogen-bond acceptors (Lipinski definition) is 5. The lowest BCUT2D eigenvalue weighted by molar-refractivity contribution is 0.380. The molecule has 2 aromatic heterocycles. The van der Waals surface area contributed by atoms with Gasteiger partial charge in [0, 0.05) is 45.4 Å². The van der Waals surface area contributed by atoms with Gasteiger partial charge in [-0.2, -0.15) is 0 Å². The van der Waals surface area contributed by atoms with E-state index in [0.717, 1.165) is 53.7 Å². The van der Waals surface area contributed by atoms with Gasteiger partial charge in [-0.1, -0.05) is 19.0 Å². The van der Waals surface area contributed by atoms with Crippen molar-refractivity contribution in [3.8, 4) is 0 Å². The van der Waals surface area contributed by atoms with Crippen LogP contribution in [0.25, 0.3) is 0 Å². The molecular weight excluding hydrogens is 455 g/mol. The van der Waals surface area contributed by atoms with Gasteiger partial charge in [0.1, 0.15) is 11.6 Å². The average molecular weight is 486 g/mol. The number of aromatic nitrogens is 2. The fourth-order valence-electron chi connectivity index (χ4n) is 2.63. The minimum atomic E-state index is 0. The molecule has 0 aliphatic carbocycles. The molecule has 0 fully saturated rings. The maximum Gasteiger partial charge on any atom is 0.191 e. The van der Waals surface area contributed by atoms with Crippen molar-refractivity contribution in [2.45, 2.75) is 46.7 Å². The molecule has 0 bridgehead atoms. The largest absolute Gasteiger partial charge is 0.363 e. The van der Waals surface area contributed by atoms with E-state index >= 15 is 0 Å². The molecule has 0 atom stereocenters. The van der Waals surface area contributed by atoms with Gasteiger partial charge in [0.25, 0.3) is 0 Å². The van der Waals surface area contributed by atoms with E-state index in [1.54, 1.807) is 0 Å². The average Bonchev–Trinajstić information content (AvgIpc) is 3.06. The van der Waals surface area contributed by atoms with Gasteiger partial charge in [-0.15, -0.1) is 24.0 Å². The first kappa shape index (κ1) is 23.2. The fraction of sp³-hybridized carbons (Fsp3) is 0.526. The highest BCUT2D eigenvalue weighted by atomic mass is 127. The number of rotatable bonds is 8. The molecule has 0 aliphatic rings. The summed E-state index contributed by atoms with van der Waals surface area (Å²) in [6.07, 6.45) is 3.51. The Labute approximate surface area is 179 Å². The first-order valence-corrected chi connectivity index (χ1v) is 9.19. The molecule has 8 heteroatoms. The maximum atomic E-state index is 5.43. The van der Waals surface area contributed by atoms with E-state index in [4.69, 9.17) is 9.52 Å². The van der Waals surface area contributed by atoms with E-state index in [1.807, 2.05) is 31.3 Å². The number of nitrogens with one attached hydrogen (secondary N) is 2. The zero-order chi connectivity index (χ0) is 18.9. The number of pyridine rings is 1. The van der Waals surface area contributed by atoms with Crippen LogP contribution in [0.1, 0.15) is 43.4 Å². The number of halogens is 1. The maximum absolute atomic E-state index is 5.43. The molecule has 0 spiro atoms. The predicted molar refractivity (Wildman–Crippen MR) is 121 cm³/mol. The molecule has 0 saturated heterocycles. The van der Waals surface area contributed by atoms with Crippen LogP contribution in [0.15, 0.2) is 27.8 Å².